The van der Waals surface area contributed by atoms with E-state index in [0.717, 1.165) is 0 Å². The van der Waals surface area contributed by atoms with Crippen LogP contribution in [-0.2, 0) is 4.74 Å². The number of aromatic carboxylic acids is 1. The fraction of sp³-hybridized carbons (Fsp3) is 0.438. The van der Waals surface area contributed by atoms with Gasteiger partial charge in [-0.15, -0.1) is 5.10 Å². The standard InChI is InChI=1S/C16H21N5O4/c1-9(18-15(24)25-16(3,4)5)13-19-10(2)20-21(13)12-7-6-11(8-17-12)14(22)23/h6-9H,1-5H3,(H,18,24)(H,22,23). The first-order valence-electron chi connectivity index (χ1n) is 7.69. The van der Waals surface area contributed by atoms with Gasteiger partial charge in [0, 0.05) is 6.20 Å². The van der Waals surface area contributed by atoms with Gasteiger partial charge in [0.05, 0.1) is 11.6 Å². The maximum absolute atomic E-state index is 11.9. The van der Waals surface area contributed by atoms with E-state index in [1.807, 2.05) is 0 Å². The minimum Gasteiger partial charge on any atom is -0.478 e. The zero-order valence-electron chi connectivity index (χ0n) is 14.8. The quantitative estimate of drug-likeness (QED) is 0.870. The molecule has 0 aliphatic rings. The number of carbonyl (C=O) groups is 2. The Hall–Kier alpha value is -2.97. The van der Waals surface area contributed by atoms with Gasteiger partial charge in [0.1, 0.15) is 11.4 Å². The lowest BCUT2D eigenvalue weighted by molar-refractivity contribution is 0.0504. The predicted molar refractivity (Wildman–Crippen MR) is 88.6 cm³/mol. The van der Waals surface area contributed by atoms with E-state index in [0.29, 0.717) is 17.5 Å². The van der Waals surface area contributed by atoms with Crippen molar-refractivity contribution in [2.45, 2.75) is 46.3 Å². The van der Waals surface area contributed by atoms with Crippen molar-refractivity contribution in [1.29, 1.82) is 0 Å². The van der Waals surface area contributed by atoms with E-state index in [4.69, 9.17) is 9.84 Å². The zero-order valence-corrected chi connectivity index (χ0v) is 14.8. The molecule has 25 heavy (non-hydrogen) atoms. The molecule has 2 N–H and O–H groups in total. The molecule has 0 aliphatic carbocycles. The Bertz CT molecular complexity index is 777. The third-order valence-corrected chi connectivity index (χ3v) is 3.07. The van der Waals surface area contributed by atoms with Crippen LogP contribution < -0.4 is 5.32 Å². The van der Waals surface area contributed by atoms with Gasteiger partial charge in [0.2, 0.25) is 0 Å². The molecule has 1 amide bonds. The SMILES string of the molecule is Cc1nc(C(C)NC(=O)OC(C)(C)C)n(-c2ccc(C(=O)O)cn2)n1. The van der Waals surface area contributed by atoms with E-state index < -0.39 is 23.7 Å². The molecule has 0 bridgehead atoms. The summed E-state index contributed by atoms with van der Waals surface area (Å²) in [6.07, 6.45) is 0.672. The number of amides is 1. The highest BCUT2D eigenvalue weighted by Crippen LogP contribution is 2.16. The first-order valence-corrected chi connectivity index (χ1v) is 7.69. The molecule has 0 fully saturated rings. The van der Waals surface area contributed by atoms with Gasteiger partial charge < -0.3 is 15.2 Å². The zero-order chi connectivity index (χ0) is 18.8. The van der Waals surface area contributed by atoms with Gasteiger partial charge in [-0.05, 0) is 46.8 Å². The molecule has 0 saturated carbocycles. The largest absolute Gasteiger partial charge is 0.478 e. The maximum Gasteiger partial charge on any atom is 0.408 e. The Kier molecular flexibility index (Phi) is 5.05. The fourth-order valence-electron chi connectivity index (χ4n) is 2.07. The first-order chi connectivity index (χ1) is 11.6. The number of carboxylic acid groups (broad SMARTS) is 1. The van der Waals surface area contributed by atoms with Crippen molar-refractivity contribution in [3.05, 3.63) is 35.5 Å². The highest BCUT2D eigenvalue weighted by molar-refractivity contribution is 5.87. The number of nitrogens with zero attached hydrogens (tertiary/aromatic N) is 4. The van der Waals surface area contributed by atoms with Gasteiger partial charge in [0.25, 0.3) is 0 Å². The summed E-state index contributed by atoms with van der Waals surface area (Å²) in [6, 6.07) is 2.47. The number of hydrogen-bond donors (Lipinski definition) is 2. The van der Waals surface area contributed by atoms with Crippen molar-refractivity contribution in [1.82, 2.24) is 25.1 Å². The molecular formula is C16H21N5O4. The number of nitrogens with one attached hydrogen (secondary N) is 1. The van der Waals surface area contributed by atoms with E-state index in [1.165, 1.54) is 23.0 Å². The van der Waals surface area contributed by atoms with Crippen LogP contribution in [0.25, 0.3) is 5.82 Å². The Morgan fingerprint density at radius 3 is 2.52 bits per heavy atom. The topological polar surface area (TPSA) is 119 Å². The molecule has 0 saturated heterocycles. The molecule has 134 valence electrons. The van der Waals surface area contributed by atoms with Crippen LogP contribution in [0, 0.1) is 6.92 Å². The van der Waals surface area contributed by atoms with Crippen molar-refractivity contribution in [3.8, 4) is 5.82 Å². The lowest BCUT2D eigenvalue weighted by Gasteiger charge is -2.21. The van der Waals surface area contributed by atoms with Gasteiger partial charge in [-0.3, -0.25) is 0 Å². The predicted octanol–water partition coefficient (Wildman–Crippen LogP) is 2.25. The second-order valence-corrected chi connectivity index (χ2v) is 6.51. The summed E-state index contributed by atoms with van der Waals surface area (Å²) in [5.41, 5.74) is -0.538. The summed E-state index contributed by atoms with van der Waals surface area (Å²) in [6.45, 7) is 8.79. The molecule has 0 radical (unpaired) electrons. The van der Waals surface area contributed by atoms with E-state index in [2.05, 4.69) is 20.4 Å². The molecule has 9 nitrogen and oxygen atoms in total. The molecular weight excluding hydrogens is 326 g/mol. The summed E-state index contributed by atoms with van der Waals surface area (Å²) < 4.78 is 6.70. The van der Waals surface area contributed by atoms with Crippen LogP contribution in [0.4, 0.5) is 4.79 Å². The second-order valence-electron chi connectivity index (χ2n) is 6.51. The minimum atomic E-state index is -1.06. The van der Waals surface area contributed by atoms with Gasteiger partial charge in [-0.1, -0.05) is 0 Å². The van der Waals surface area contributed by atoms with Gasteiger partial charge in [-0.2, -0.15) is 4.68 Å². The molecule has 2 heterocycles. The number of alkyl carbamates (subject to hydrolysis) is 1. The molecule has 0 aliphatic heterocycles. The van der Waals surface area contributed by atoms with Crippen molar-refractivity contribution in [2.24, 2.45) is 0 Å². The van der Waals surface area contributed by atoms with Gasteiger partial charge >= 0.3 is 12.1 Å². The summed E-state index contributed by atoms with van der Waals surface area (Å²) in [7, 11) is 0. The highest BCUT2D eigenvalue weighted by atomic mass is 16.6. The van der Waals surface area contributed by atoms with Crippen molar-refractivity contribution in [2.75, 3.05) is 0 Å². The first kappa shape index (κ1) is 18.4. The van der Waals surface area contributed by atoms with Crippen molar-refractivity contribution in [3.63, 3.8) is 0 Å². The normalized spacial score (nSPS) is 12.5. The van der Waals surface area contributed by atoms with Crippen LogP contribution in [0.3, 0.4) is 0 Å². The number of hydrogen-bond acceptors (Lipinski definition) is 6. The number of pyridine rings is 1. The number of rotatable bonds is 4. The molecule has 9 heteroatoms. The van der Waals surface area contributed by atoms with Crippen LogP contribution in [0.5, 0.6) is 0 Å². The third kappa shape index (κ3) is 4.75. The minimum absolute atomic E-state index is 0.0714. The number of carboxylic acids is 1. The van der Waals surface area contributed by atoms with Crippen LogP contribution in [0.1, 0.15) is 55.7 Å². The molecule has 0 aromatic carbocycles. The van der Waals surface area contributed by atoms with E-state index >= 15 is 0 Å². The Balaban J connectivity index is 2.25. The molecule has 1 unspecified atom stereocenters. The number of carbonyl (C=O) groups excluding carboxylic acids is 1. The third-order valence-electron chi connectivity index (χ3n) is 3.07. The Morgan fingerprint density at radius 2 is 2.00 bits per heavy atom. The van der Waals surface area contributed by atoms with E-state index in [-0.39, 0.29) is 5.56 Å². The van der Waals surface area contributed by atoms with Crippen LogP contribution >= 0.6 is 0 Å². The number of aromatic nitrogens is 4. The average Bonchev–Trinajstić information content (AvgIpc) is 2.87. The number of aryl methyl sites for hydroxylation is 1. The lowest BCUT2D eigenvalue weighted by Crippen LogP contribution is -2.35. The summed E-state index contributed by atoms with van der Waals surface area (Å²) in [5, 5.41) is 15.9. The van der Waals surface area contributed by atoms with Crippen molar-refractivity contribution >= 4 is 12.1 Å². The van der Waals surface area contributed by atoms with Crippen LogP contribution in [0.2, 0.25) is 0 Å². The Morgan fingerprint density at radius 1 is 1.32 bits per heavy atom. The highest BCUT2D eigenvalue weighted by Gasteiger charge is 2.22. The average molecular weight is 347 g/mol. The number of ether oxygens (including phenoxy) is 1. The van der Waals surface area contributed by atoms with E-state index in [1.54, 1.807) is 34.6 Å². The molecule has 1 atom stereocenters. The summed E-state index contributed by atoms with van der Waals surface area (Å²) in [4.78, 5) is 31.3. The smallest absolute Gasteiger partial charge is 0.408 e. The molecule has 0 spiro atoms. The molecule has 2 rings (SSSR count). The van der Waals surface area contributed by atoms with Gasteiger partial charge in [-0.25, -0.2) is 19.6 Å². The van der Waals surface area contributed by atoms with Crippen LogP contribution in [-0.4, -0.2) is 42.5 Å². The summed E-state index contributed by atoms with van der Waals surface area (Å²) in [5.74, 6) is 0.295. The second kappa shape index (κ2) is 6.88. The molecule has 2 aromatic rings. The monoisotopic (exact) mass is 347 g/mol. The van der Waals surface area contributed by atoms with Crippen molar-refractivity contribution < 1.29 is 19.4 Å². The fourth-order valence-corrected chi connectivity index (χ4v) is 2.07. The Labute approximate surface area is 145 Å². The maximum atomic E-state index is 11.9. The van der Waals surface area contributed by atoms with Crippen LogP contribution in [0.15, 0.2) is 18.3 Å². The van der Waals surface area contributed by atoms with Gasteiger partial charge in [0.15, 0.2) is 11.6 Å². The summed E-state index contributed by atoms with van der Waals surface area (Å²) >= 11 is 0. The lowest BCUT2D eigenvalue weighted by atomic mass is 10.2. The molecule has 2 aromatic heterocycles. The van der Waals surface area contributed by atoms with E-state index in [9.17, 15) is 9.59 Å².